The first-order chi connectivity index (χ1) is 38.4. The van der Waals surface area contributed by atoms with Crippen molar-refractivity contribution in [3.05, 3.63) is 60.8 Å². The van der Waals surface area contributed by atoms with E-state index in [-0.39, 0.29) is 31.5 Å². The summed E-state index contributed by atoms with van der Waals surface area (Å²) in [7, 11) is 1.50. The summed E-state index contributed by atoms with van der Waals surface area (Å²) >= 11 is 0. The largest absolute Gasteiger partial charge is 0.472 e. The van der Waals surface area contributed by atoms with Crippen LogP contribution < -0.4 is 5.32 Å². The van der Waals surface area contributed by atoms with E-state index in [1.165, 1.54) is 205 Å². The summed E-state index contributed by atoms with van der Waals surface area (Å²) in [6, 6.07) is -0.852. The summed E-state index contributed by atoms with van der Waals surface area (Å²) in [4.78, 5) is 37.8. The third-order valence-electron chi connectivity index (χ3n) is 14.9. The van der Waals surface area contributed by atoms with Gasteiger partial charge in [-0.2, -0.15) is 0 Å². The van der Waals surface area contributed by atoms with Gasteiger partial charge in [0.1, 0.15) is 19.3 Å². The van der Waals surface area contributed by atoms with Crippen molar-refractivity contribution in [3.63, 3.8) is 0 Å². The van der Waals surface area contributed by atoms with Crippen LogP contribution in [0.1, 0.15) is 316 Å². The Morgan fingerprint density at radius 1 is 0.443 bits per heavy atom. The van der Waals surface area contributed by atoms with E-state index in [2.05, 4.69) is 74.7 Å². The van der Waals surface area contributed by atoms with Crippen molar-refractivity contribution in [1.82, 2.24) is 5.32 Å². The molecule has 0 aromatic rings. The first-order valence-corrected chi connectivity index (χ1v) is 35.1. The number of carbonyl (C=O) groups excluding carboxylic acids is 2. The molecule has 9 nitrogen and oxygen atoms in total. The topological polar surface area (TPSA) is 111 Å². The lowest BCUT2D eigenvalue weighted by Crippen LogP contribution is -2.47. The molecule has 0 aromatic heterocycles. The number of likely N-dealkylation sites (N-methyl/N-ethyl adjacent to an activating group) is 1. The van der Waals surface area contributed by atoms with Crippen molar-refractivity contribution in [1.29, 1.82) is 0 Å². The van der Waals surface area contributed by atoms with Crippen LogP contribution in [0.5, 0.6) is 0 Å². The molecule has 0 rings (SSSR count). The van der Waals surface area contributed by atoms with Gasteiger partial charge in [0.05, 0.1) is 33.8 Å². The van der Waals surface area contributed by atoms with E-state index >= 15 is 0 Å². The van der Waals surface area contributed by atoms with Gasteiger partial charge in [0.2, 0.25) is 5.91 Å². The summed E-state index contributed by atoms with van der Waals surface area (Å²) < 4.78 is 30.8. The van der Waals surface area contributed by atoms with Crippen molar-refractivity contribution in [2.24, 2.45) is 0 Å². The molecule has 0 saturated carbocycles. The number of esters is 1. The number of hydrogen-bond donors (Lipinski definition) is 2. The van der Waals surface area contributed by atoms with E-state index in [4.69, 9.17) is 13.8 Å². The summed E-state index contributed by atoms with van der Waals surface area (Å²) in [6.45, 7) is 7.00. The SMILES string of the molecule is CCCCC/C=C\C/C=C\C/C=C\CCCCCCCCCCCCCCC(=O)NC(COP(=O)(O)OCC[N+](C)(C)C)C(/C=C\CCCCCCCCCCCCC)OC(=O)CCCCCCCCC/C=C\CCCCCC. The molecule has 0 radical (unpaired) electrons. The number of unbranched alkanes of at least 4 members (excludes halogenated alkanes) is 37. The fraction of sp³-hybridized carbons (Fsp3) is 0.826. The van der Waals surface area contributed by atoms with Gasteiger partial charge in [0.15, 0.2) is 0 Å². The third kappa shape index (κ3) is 60.1. The molecule has 0 heterocycles. The zero-order chi connectivity index (χ0) is 57.9. The van der Waals surface area contributed by atoms with Gasteiger partial charge in [-0.05, 0) is 96.0 Å². The molecule has 0 spiro atoms. The average Bonchev–Trinajstić information content (AvgIpc) is 3.41. The second-order valence-corrected chi connectivity index (χ2v) is 25.4. The molecule has 3 unspecified atom stereocenters. The predicted octanol–water partition coefficient (Wildman–Crippen LogP) is 21.0. The van der Waals surface area contributed by atoms with Crippen LogP contribution in [0.25, 0.3) is 0 Å². The van der Waals surface area contributed by atoms with Gasteiger partial charge in [-0.1, -0.05) is 268 Å². The molecule has 462 valence electrons. The number of hydrogen-bond acceptors (Lipinski definition) is 6. The first kappa shape index (κ1) is 76.7. The summed E-state index contributed by atoms with van der Waals surface area (Å²) in [5.74, 6) is -0.503. The quantitative estimate of drug-likeness (QED) is 0.0205. The molecule has 0 aromatic carbocycles. The molecule has 1 amide bonds. The summed E-state index contributed by atoms with van der Waals surface area (Å²) in [5.41, 5.74) is 0. The summed E-state index contributed by atoms with van der Waals surface area (Å²) in [5, 5.41) is 3.07. The lowest BCUT2D eigenvalue weighted by atomic mass is 10.0. The summed E-state index contributed by atoms with van der Waals surface area (Å²) in [6.07, 6.45) is 75.0. The monoisotopic (exact) mass is 1130 g/mol. The van der Waals surface area contributed by atoms with Crippen LogP contribution in [0.4, 0.5) is 0 Å². The number of ether oxygens (including phenoxy) is 1. The maximum Gasteiger partial charge on any atom is 0.472 e. The van der Waals surface area contributed by atoms with Gasteiger partial charge in [-0.25, -0.2) is 4.57 Å². The minimum absolute atomic E-state index is 0.0390. The number of phosphoric acid groups is 1. The first-order valence-electron chi connectivity index (χ1n) is 33.6. The molecular formula is C69H130N2O7P+. The number of nitrogens with zero attached hydrogens (tertiary/aromatic N) is 1. The lowest BCUT2D eigenvalue weighted by Gasteiger charge is -2.27. The molecule has 3 atom stereocenters. The zero-order valence-electron chi connectivity index (χ0n) is 52.9. The van der Waals surface area contributed by atoms with Gasteiger partial charge >= 0.3 is 13.8 Å². The molecule has 0 aliphatic rings. The van der Waals surface area contributed by atoms with Gasteiger partial charge in [-0.15, -0.1) is 0 Å². The van der Waals surface area contributed by atoms with Crippen LogP contribution in [0, 0.1) is 0 Å². The number of amides is 1. The minimum atomic E-state index is -4.45. The van der Waals surface area contributed by atoms with E-state index in [0.29, 0.717) is 17.4 Å². The number of allylic oxidation sites excluding steroid dienone is 9. The Bertz CT molecular complexity index is 1540. The van der Waals surface area contributed by atoms with Gasteiger partial charge in [-0.3, -0.25) is 18.6 Å². The molecule has 79 heavy (non-hydrogen) atoms. The van der Waals surface area contributed by atoms with Gasteiger partial charge < -0.3 is 19.4 Å². The number of rotatable bonds is 61. The van der Waals surface area contributed by atoms with E-state index in [0.717, 1.165) is 77.0 Å². The average molecular weight is 1130 g/mol. The highest BCUT2D eigenvalue weighted by molar-refractivity contribution is 7.47. The molecule has 0 bridgehead atoms. The highest BCUT2D eigenvalue weighted by Gasteiger charge is 2.30. The Morgan fingerprint density at radius 2 is 0.772 bits per heavy atom. The van der Waals surface area contributed by atoms with Gasteiger partial charge in [0, 0.05) is 12.8 Å². The van der Waals surface area contributed by atoms with Crippen molar-refractivity contribution >= 4 is 19.7 Å². The number of carbonyl (C=O) groups is 2. The highest BCUT2D eigenvalue weighted by atomic mass is 31.2. The van der Waals surface area contributed by atoms with Crippen molar-refractivity contribution in [3.8, 4) is 0 Å². The molecule has 2 N–H and O–H groups in total. The molecule has 0 aliphatic heterocycles. The Labute approximate surface area is 490 Å². The van der Waals surface area contributed by atoms with E-state index < -0.39 is 20.0 Å². The second-order valence-electron chi connectivity index (χ2n) is 24.0. The van der Waals surface area contributed by atoms with Crippen LogP contribution in [-0.2, 0) is 27.9 Å². The van der Waals surface area contributed by atoms with Gasteiger partial charge in [0.25, 0.3) is 0 Å². The maximum absolute atomic E-state index is 13.6. The standard InChI is InChI=1S/C69H129N2O7P/c1-7-10-13-16-19-22-25-28-30-31-32-33-34-35-36-37-38-39-41-43-46-49-52-55-58-61-68(72)70-66(65-77-79(74,75)76-64-63-71(4,5)6)67(60-57-54-51-48-45-42-27-24-21-18-15-12-9-3)78-69(73)62-59-56-53-50-47-44-40-29-26-23-20-17-14-11-8-2/h19,22-23,26,28,30,32-33,57,60,66-67H,7-18,20-21,24-25,27,29,31,34-56,58-59,61-65H2,1-6H3,(H-,70,72,74,75)/p+1/b22-19-,26-23-,30-28-,33-32-,60-57-. The Balaban J connectivity index is 5.12. The number of nitrogens with one attached hydrogen (secondary N) is 1. The Hall–Kier alpha value is -2.29. The van der Waals surface area contributed by atoms with Crippen LogP contribution in [0.2, 0.25) is 0 Å². The predicted molar refractivity (Wildman–Crippen MR) is 342 cm³/mol. The van der Waals surface area contributed by atoms with Crippen LogP contribution in [0.15, 0.2) is 60.8 Å². The number of quaternary nitrogens is 1. The maximum atomic E-state index is 13.6. The Morgan fingerprint density at radius 3 is 1.20 bits per heavy atom. The minimum Gasteiger partial charge on any atom is -0.456 e. The zero-order valence-corrected chi connectivity index (χ0v) is 53.8. The molecule has 0 aliphatic carbocycles. The van der Waals surface area contributed by atoms with Crippen molar-refractivity contribution in [2.75, 3.05) is 40.9 Å². The van der Waals surface area contributed by atoms with E-state index in [1.54, 1.807) is 0 Å². The second kappa shape index (κ2) is 58.9. The van der Waals surface area contributed by atoms with E-state index in [9.17, 15) is 19.0 Å². The molecule has 10 heteroatoms. The molecular weight excluding hydrogens is 1000 g/mol. The fourth-order valence-electron chi connectivity index (χ4n) is 9.71. The number of phosphoric ester groups is 1. The van der Waals surface area contributed by atoms with Crippen molar-refractivity contribution < 1.29 is 37.3 Å². The Kier molecular flexibility index (Phi) is 57.2. The smallest absolute Gasteiger partial charge is 0.456 e. The highest BCUT2D eigenvalue weighted by Crippen LogP contribution is 2.43. The molecule has 0 saturated heterocycles. The lowest BCUT2D eigenvalue weighted by molar-refractivity contribution is -0.870. The van der Waals surface area contributed by atoms with Crippen LogP contribution in [-0.4, -0.2) is 74.3 Å². The van der Waals surface area contributed by atoms with E-state index in [1.807, 2.05) is 33.3 Å². The van der Waals surface area contributed by atoms with Crippen molar-refractivity contribution in [2.45, 2.75) is 328 Å². The third-order valence-corrected chi connectivity index (χ3v) is 15.9. The molecule has 0 fully saturated rings. The van der Waals surface area contributed by atoms with Crippen LogP contribution in [0.3, 0.4) is 0 Å². The van der Waals surface area contributed by atoms with Crippen LogP contribution >= 0.6 is 7.82 Å². The fourth-order valence-corrected chi connectivity index (χ4v) is 10.4. The normalized spacial score (nSPS) is 14.0.